The first kappa shape index (κ1) is 22.9. The summed E-state index contributed by atoms with van der Waals surface area (Å²) in [6.45, 7) is 11.2. The number of carbonyl (C=O) groups is 1. The van der Waals surface area contributed by atoms with Gasteiger partial charge in [0.05, 0.1) is 19.4 Å². The minimum Gasteiger partial charge on any atom is -0.493 e. The lowest BCUT2D eigenvalue weighted by Gasteiger charge is -2.15. The summed E-state index contributed by atoms with van der Waals surface area (Å²) in [5, 5.41) is 6.00. The molecular formula is C28H29NO3S. The molecule has 0 unspecified atom stereocenters. The molecule has 0 bridgehead atoms. The molecule has 33 heavy (non-hydrogen) atoms. The third-order valence-corrected chi connectivity index (χ3v) is 6.67. The van der Waals surface area contributed by atoms with E-state index in [9.17, 15) is 4.79 Å². The molecule has 0 saturated carbocycles. The summed E-state index contributed by atoms with van der Waals surface area (Å²) in [5.41, 5.74) is 8.12. The molecule has 0 aliphatic carbocycles. The maximum absolute atomic E-state index is 12.6. The van der Waals surface area contributed by atoms with Crippen LogP contribution >= 0.6 is 11.3 Å². The highest BCUT2D eigenvalue weighted by atomic mass is 32.1. The van der Waals surface area contributed by atoms with Gasteiger partial charge in [-0.15, -0.1) is 11.3 Å². The Morgan fingerprint density at radius 2 is 1.97 bits per heavy atom. The van der Waals surface area contributed by atoms with Crippen LogP contribution in [0, 0.1) is 20.8 Å². The number of ether oxygens (including phenoxy) is 1. The number of aryl methyl sites for hydroxylation is 3. The Labute approximate surface area is 198 Å². The summed E-state index contributed by atoms with van der Waals surface area (Å²) in [5.74, 6) is 0.634. The number of nitrogens with one attached hydrogen (secondary N) is 1. The van der Waals surface area contributed by atoms with E-state index in [2.05, 4.69) is 43.4 Å². The van der Waals surface area contributed by atoms with E-state index >= 15 is 0 Å². The second-order valence-electron chi connectivity index (χ2n) is 8.28. The van der Waals surface area contributed by atoms with Crippen LogP contribution < -0.4 is 10.1 Å². The van der Waals surface area contributed by atoms with E-state index in [1.54, 1.807) is 17.4 Å². The molecule has 2 heterocycles. The Hall–Kier alpha value is -3.31. The van der Waals surface area contributed by atoms with Crippen molar-refractivity contribution in [3.63, 3.8) is 0 Å². The van der Waals surface area contributed by atoms with Gasteiger partial charge in [-0.05, 0) is 68.8 Å². The molecule has 0 spiro atoms. The quantitative estimate of drug-likeness (QED) is 0.297. The van der Waals surface area contributed by atoms with Crippen molar-refractivity contribution in [1.29, 1.82) is 0 Å². The van der Waals surface area contributed by atoms with Crippen LogP contribution in [0.1, 0.15) is 41.0 Å². The molecule has 0 aliphatic heterocycles. The Bertz CT molecular complexity index is 1330. The summed E-state index contributed by atoms with van der Waals surface area (Å²) >= 11 is 1.63. The highest BCUT2D eigenvalue weighted by Crippen LogP contribution is 2.41. The Morgan fingerprint density at radius 3 is 2.67 bits per heavy atom. The summed E-state index contributed by atoms with van der Waals surface area (Å²) < 4.78 is 12.0. The lowest BCUT2D eigenvalue weighted by molar-refractivity contribution is -0.116. The summed E-state index contributed by atoms with van der Waals surface area (Å²) in [7, 11) is 0. The van der Waals surface area contributed by atoms with E-state index in [1.165, 1.54) is 11.1 Å². The summed E-state index contributed by atoms with van der Waals surface area (Å²) in [6.07, 6.45) is 3.47. The standard InChI is InChI=1S/C28H29NO3S/c1-6-31-27-20(5)28-24(25(16-32-28)22-10-9-17(2)12-18(22)3)14-23(27)19(4)13-26(30)29-15-21-8-7-11-33-21/h7-14,16H,6,15H2,1-5H3,(H,29,30)/b19-13+. The van der Waals surface area contributed by atoms with Crippen molar-refractivity contribution in [2.24, 2.45) is 0 Å². The number of hydrogen-bond acceptors (Lipinski definition) is 4. The predicted octanol–water partition coefficient (Wildman–Crippen LogP) is 7.20. The minimum atomic E-state index is -0.122. The van der Waals surface area contributed by atoms with Crippen LogP contribution in [0.25, 0.3) is 27.7 Å². The molecule has 4 nitrogen and oxygen atoms in total. The topological polar surface area (TPSA) is 51.5 Å². The molecule has 2 aromatic carbocycles. The van der Waals surface area contributed by atoms with E-state index in [0.29, 0.717) is 13.2 Å². The number of amides is 1. The average Bonchev–Trinajstić information content (AvgIpc) is 3.44. The Kier molecular flexibility index (Phi) is 6.70. The van der Waals surface area contributed by atoms with Crippen LogP contribution in [0.3, 0.4) is 0 Å². The molecule has 170 valence electrons. The second-order valence-corrected chi connectivity index (χ2v) is 9.31. The lowest BCUT2D eigenvalue weighted by Crippen LogP contribution is -2.20. The zero-order chi connectivity index (χ0) is 23.5. The lowest BCUT2D eigenvalue weighted by atomic mass is 9.94. The number of fused-ring (bicyclic) bond motifs is 1. The predicted molar refractivity (Wildman–Crippen MR) is 137 cm³/mol. The van der Waals surface area contributed by atoms with Crippen molar-refractivity contribution < 1.29 is 13.9 Å². The van der Waals surface area contributed by atoms with Gasteiger partial charge in [-0.25, -0.2) is 0 Å². The highest BCUT2D eigenvalue weighted by Gasteiger charge is 2.20. The minimum absolute atomic E-state index is 0.122. The van der Waals surface area contributed by atoms with Gasteiger partial charge in [0.25, 0.3) is 0 Å². The van der Waals surface area contributed by atoms with Crippen molar-refractivity contribution in [2.75, 3.05) is 6.61 Å². The molecule has 0 saturated heterocycles. The maximum atomic E-state index is 12.6. The Balaban J connectivity index is 1.77. The molecule has 1 N–H and O–H groups in total. The normalized spacial score (nSPS) is 11.7. The molecule has 2 aromatic heterocycles. The fraction of sp³-hybridized carbons (Fsp3) is 0.250. The number of thiophene rings is 1. The first-order chi connectivity index (χ1) is 15.9. The zero-order valence-corrected chi connectivity index (χ0v) is 20.6. The summed E-state index contributed by atoms with van der Waals surface area (Å²) in [6, 6.07) is 12.5. The number of rotatable bonds is 7. The second kappa shape index (κ2) is 9.67. The molecule has 0 radical (unpaired) electrons. The number of carbonyl (C=O) groups excluding carboxylic acids is 1. The van der Waals surface area contributed by atoms with Crippen LogP contribution in [-0.4, -0.2) is 12.5 Å². The van der Waals surface area contributed by atoms with E-state index in [4.69, 9.17) is 9.15 Å². The molecule has 4 rings (SSSR count). The monoisotopic (exact) mass is 459 g/mol. The molecule has 0 aliphatic rings. The van der Waals surface area contributed by atoms with Crippen molar-refractivity contribution >= 4 is 33.8 Å². The van der Waals surface area contributed by atoms with Crippen molar-refractivity contribution in [2.45, 2.75) is 41.2 Å². The Morgan fingerprint density at radius 1 is 1.15 bits per heavy atom. The number of allylic oxidation sites excluding steroid dienone is 1. The molecular weight excluding hydrogens is 430 g/mol. The third kappa shape index (κ3) is 4.74. The van der Waals surface area contributed by atoms with E-state index < -0.39 is 0 Å². The van der Waals surface area contributed by atoms with Crippen molar-refractivity contribution in [1.82, 2.24) is 5.32 Å². The zero-order valence-electron chi connectivity index (χ0n) is 19.7. The van der Waals surface area contributed by atoms with Gasteiger partial charge in [0.2, 0.25) is 5.91 Å². The van der Waals surface area contributed by atoms with Gasteiger partial charge in [0.15, 0.2) is 0 Å². The van der Waals surface area contributed by atoms with E-state index in [0.717, 1.165) is 49.4 Å². The SMILES string of the molecule is CCOc1c(/C(C)=C/C(=O)NCc2cccs2)cc2c(-c3ccc(C)cc3C)coc2c1C. The maximum Gasteiger partial charge on any atom is 0.244 e. The van der Waals surface area contributed by atoms with E-state index in [-0.39, 0.29) is 5.91 Å². The third-order valence-electron chi connectivity index (χ3n) is 5.79. The fourth-order valence-electron chi connectivity index (χ4n) is 4.18. The van der Waals surface area contributed by atoms with Crippen LogP contribution in [-0.2, 0) is 11.3 Å². The van der Waals surface area contributed by atoms with Crippen molar-refractivity contribution in [3.8, 4) is 16.9 Å². The van der Waals surface area contributed by atoms with Gasteiger partial charge in [-0.1, -0.05) is 29.8 Å². The number of furan rings is 1. The molecule has 1 amide bonds. The van der Waals surface area contributed by atoms with Crippen LogP contribution in [0.4, 0.5) is 0 Å². The van der Waals surface area contributed by atoms with Gasteiger partial charge in [-0.2, -0.15) is 0 Å². The van der Waals surface area contributed by atoms with Gasteiger partial charge in [0, 0.05) is 33.0 Å². The van der Waals surface area contributed by atoms with Crippen LogP contribution in [0.5, 0.6) is 5.75 Å². The smallest absolute Gasteiger partial charge is 0.244 e. The molecule has 0 fully saturated rings. The van der Waals surface area contributed by atoms with Crippen molar-refractivity contribution in [3.05, 3.63) is 81.2 Å². The average molecular weight is 460 g/mol. The van der Waals surface area contributed by atoms with Gasteiger partial charge in [0.1, 0.15) is 11.3 Å². The van der Waals surface area contributed by atoms with Crippen LogP contribution in [0.2, 0.25) is 0 Å². The summed E-state index contributed by atoms with van der Waals surface area (Å²) in [4.78, 5) is 13.7. The highest BCUT2D eigenvalue weighted by molar-refractivity contribution is 7.09. The van der Waals surface area contributed by atoms with Crippen LogP contribution in [0.15, 0.2) is 58.5 Å². The number of hydrogen-bond donors (Lipinski definition) is 1. The first-order valence-electron chi connectivity index (χ1n) is 11.1. The molecule has 4 aromatic rings. The van der Waals surface area contributed by atoms with Gasteiger partial charge in [-0.3, -0.25) is 4.79 Å². The first-order valence-corrected chi connectivity index (χ1v) is 12.0. The molecule has 5 heteroatoms. The van der Waals surface area contributed by atoms with Gasteiger partial charge < -0.3 is 14.5 Å². The largest absolute Gasteiger partial charge is 0.493 e. The number of benzene rings is 2. The molecule has 0 atom stereocenters. The van der Waals surface area contributed by atoms with E-state index in [1.807, 2.05) is 44.5 Å². The van der Waals surface area contributed by atoms with Gasteiger partial charge >= 0.3 is 0 Å². The fourth-order valence-corrected chi connectivity index (χ4v) is 4.82.